The number of benzene rings is 1. The molecule has 0 bridgehead atoms. The van der Waals surface area contributed by atoms with E-state index in [9.17, 15) is 5.11 Å². The van der Waals surface area contributed by atoms with Gasteiger partial charge >= 0.3 is 0 Å². The zero-order chi connectivity index (χ0) is 12.0. The molecule has 0 saturated carbocycles. The molecule has 0 aliphatic rings. The number of hydrogen-bond donors (Lipinski definition) is 1. The zero-order valence-corrected chi connectivity index (χ0v) is 10.00. The van der Waals surface area contributed by atoms with Crippen LogP contribution in [0, 0.1) is 12.3 Å². The molecule has 0 spiro atoms. The van der Waals surface area contributed by atoms with Crippen LogP contribution in [-0.4, -0.2) is 11.7 Å². The van der Waals surface area contributed by atoms with Crippen molar-refractivity contribution in [3.8, 4) is 18.1 Å². The minimum atomic E-state index is -0.520. The number of ether oxygens (including phenoxy) is 1. The lowest BCUT2D eigenvalue weighted by atomic mass is 10.1. The molecule has 1 atom stereocenters. The lowest BCUT2D eigenvalue weighted by Gasteiger charge is -2.10. The van der Waals surface area contributed by atoms with Crippen molar-refractivity contribution in [1.82, 2.24) is 0 Å². The van der Waals surface area contributed by atoms with E-state index in [1.54, 1.807) is 25.1 Å². The summed E-state index contributed by atoms with van der Waals surface area (Å²) in [6.07, 6.45) is 6.12. The Morgan fingerprint density at radius 1 is 1.56 bits per heavy atom. The van der Waals surface area contributed by atoms with Crippen molar-refractivity contribution < 1.29 is 9.84 Å². The third-order valence-corrected chi connectivity index (χ3v) is 2.46. The predicted molar refractivity (Wildman–Crippen MR) is 65.6 cm³/mol. The largest absolute Gasteiger partial charge is 0.492 e. The lowest BCUT2D eigenvalue weighted by Crippen LogP contribution is -1.98. The van der Waals surface area contributed by atoms with Crippen molar-refractivity contribution in [3.63, 3.8) is 0 Å². The molecule has 0 heterocycles. The molecule has 2 nitrogen and oxygen atoms in total. The summed E-state index contributed by atoms with van der Waals surface area (Å²) in [5.74, 6) is 3.17. The smallest absolute Gasteiger partial charge is 0.137 e. The first kappa shape index (κ1) is 12.9. The number of terminal acetylenes is 1. The topological polar surface area (TPSA) is 29.5 Å². The van der Waals surface area contributed by atoms with Gasteiger partial charge in [0.2, 0.25) is 0 Å². The zero-order valence-electron chi connectivity index (χ0n) is 9.24. The van der Waals surface area contributed by atoms with E-state index in [1.165, 1.54) is 0 Å². The Morgan fingerprint density at radius 2 is 2.31 bits per heavy atom. The highest BCUT2D eigenvalue weighted by atomic mass is 35.5. The number of halogens is 1. The fraction of sp³-hybridized carbons (Fsp3) is 0.385. The van der Waals surface area contributed by atoms with Crippen molar-refractivity contribution in [2.75, 3.05) is 6.61 Å². The molecule has 1 aromatic carbocycles. The minimum absolute atomic E-state index is 0.513. The van der Waals surface area contributed by atoms with Gasteiger partial charge in [-0.2, -0.15) is 0 Å². The Labute approximate surface area is 101 Å². The van der Waals surface area contributed by atoms with E-state index in [-0.39, 0.29) is 0 Å². The van der Waals surface area contributed by atoms with Crippen LogP contribution in [0.3, 0.4) is 0 Å². The standard InChI is InChI=1S/C13H15ClO2/c1-3-4-5-8-16-13-7-6-11(10(2)15)9-12(13)14/h1,6-7,9-10,15H,4-5,8H2,2H3/t10-/m1/s1. The monoisotopic (exact) mass is 238 g/mol. The average Bonchev–Trinajstić information content (AvgIpc) is 2.26. The molecule has 0 amide bonds. The first-order valence-electron chi connectivity index (χ1n) is 5.19. The van der Waals surface area contributed by atoms with Crippen LogP contribution in [0.5, 0.6) is 5.75 Å². The van der Waals surface area contributed by atoms with Crippen molar-refractivity contribution in [1.29, 1.82) is 0 Å². The van der Waals surface area contributed by atoms with Gasteiger partial charge in [0.25, 0.3) is 0 Å². The molecular formula is C13H15ClO2. The van der Waals surface area contributed by atoms with Crippen molar-refractivity contribution >= 4 is 11.6 Å². The number of aliphatic hydroxyl groups is 1. The van der Waals surface area contributed by atoms with Crippen LogP contribution in [0.1, 0.15) is 31.4 Å². The van der Waals surface area contributed by atoms with Crippen LogP contribution in [-0.2, 0) is 0 Å². The highest BCUT2D eigenvalue weighted by Gasteiger charge is 2.06. The summed E-state index contributed by atoms with van der Waals surface area (Å²) in [7, 11) is 0. The third-order valence-electron chi connectivity index (χ3n) is 2.16. The van der Waals surface area contributed by atoms with Gasteiger partial charge in [-0.25, -0.2) is 0 Å². The SMILES string of the molecule is C#CCCCOc1ccc([C@@H](C)O)cc1Cl. The summed E-state index contributed by atoms with van der Waals surface area (Å²) < 4.78 is 5.46. The second kappa shape index (κ2) is 6.42. The molecule has 86 valence electrons. The summed E-state index contributed by atoms with van der Waals surface area (Å²) in [6, 6.07) is 5.27. The average molecular weight is 239 g/mol. The Bertz CT molecular complexity index is 380. The van der Waals surface area contributed by atoms with Gasteiger partial charge in [0.05, 0.1) is 17.7 Å². The van der Waals surface area contributed by atoms with E-state index in [2.05, 4.69) is 5.92 Å². The normalized spacial score (nSPS) is 11.9. The Hall–Kier alpha value is -1.17. The van der Waals surface area contributed by atoms with E-state index >= 15 is 0 Å². The molecule has 1 N–H and O–H groups in total. The number of unbranched alkanes of at least 4 members (excludes halogenated alkanes) is 1. The van der Waals surface area contributed by atoms with Gasteiger partial charge in [0, 0.05) is 6.42 Å². The van der Waals surface area contributed by atoms with E-state index in [0.29, 0.717) is 23.8 Å². The molecule has 0 unspecified atom stereocenters. The van der Waals surface area contributed by atoms with Crippen LogP contribution in [0.2, 0.25) is 5.02 Å². The van der Waals surface area contributed by atoms with Gasteiger partial charge in [0.1, 0.15) is 5.75 Å². The second-order valence-corrected chi connectivity index (χ2v) is 3.93. The number of aliphatic hydroxyl groups excluding tert-OH is 1. The van der Waals surface area contributed by atoms with E-state index in [0.717, 1.165) is 12.0 Å². The number of hydrogen-bond acceptors (Lipinski definition) is 2. The summed E-state index contributed by atoms with van der Waals surface area (Å²) in [4.78, 5) is 0. The molecule has 0 saturated heterocycles. The Morgan fingerprint density at radius 3 is 2.88 bits per heavy atom. The maximum absolute atomic E-state index is 9.36. The van der Waals surface area contributed by atoms with Crippen LogP contribution >= 0.6 is 11.6 Å². The molecule has 0 aliphatic carbocycles. The van der Waals surface area contributed by atoms with E-state index < -0.39 is 6.10 Å². The molecular weight excluding hydrogens is 224 g/mol. The maximum Gasteiger partial charge on any atom is 0.137 e. The molecule has 0 radical (unpaired) electrons. The van der Waals surface area contributed by atoms with E-state index in [1.807, 2.05) is 0 Å². The van der Waals surface area contributed by atoms with Gasteiger partial charge in [-0.3, -0.25) is 0 Å². The van der Waals surface area contributed by atoms with Gasteiger partial charge < -0.3 is 9.84 Å². The molecule has 0 fully saturated rings. The second-order valence-electron chi connectivity index (χ2n) is 3.52. The summed E-state index contributed by atoms with van der Waals surface area (Å²) >= 11 is 6.01. The molecule has 1 rings (SSSR count). The third kappa shape index (κ3) is 3.77. The van der Waals surface area contributed by atoms with Crippen LogP contribution in [0.15, 0.2) is 18.2 Å². The number of rotatable bonds is 5. The summed E-state index contributed by atoms with van der Waals surface area (Å²) in [5, 5.41) is 9.88. The maximum atomic E-state index is 9.36. The van der Waals surface area contributed by atoms with Crippen molar-refractivity contribution in [2.45, 2.75) is 25.9 Å². The van der Waals surface area contributed by atoms with Gasteiger partial charge in [-0.05, 0) is 31.0 Å². The molecule has 1 aromatic rings. The highest BCUT2D eigenvalue weighted by Crippen LogP contribution is 2.27. The Kier molecular flexibility index (Phi) is 5.18. The minimum Gasteiger partial charge on any atom is -0.492 e. The Balaban J connectivity index is 2.58. The van der Waals surface area contributed by atoms with Crippen molar-refractivity contribution in [3.05, 3.63) is 28.8 Å². The van der Waals surface area contributed by atoms with E-state index in [4.69, 9.17) is 22.8 Å². The fourth-order valence-electron chi connectivity index (χ4n) is 1.25. The predicted octanol–water partition coefficient (Wildman–Crippen LogP) is 3.19. The summed E-state index contributed by atoms with van der Waals surface area (Å²) in [6.45, 7) is 2.25. The van der Waals surface area contributed by atoms with Gasteiger partial charge in [0.15, 0.2) is 0 Å². The van der Waals surface area contributed by atoms with Crippen molar-refractivity contribution in [2.24, 2.45) is 0 Å². The summed E-state index contributed by atoms with van der Waals surface area (Å²) in [5.41, 5.74) is 0.779. The van der Waals surface area contributed by atoms with Crippen LogP contribution in [0.4, 0.5) is 0 Å². The van der Waals surface area contributed by atoms with Gasteiger partial charge in [-0.1, -0.05) is 17.7 Å². The van der Waals surface area contributed by atoms with Gasteiger partial charge in [-0.15, -0.1) is 12.3 Å². The highest BCUT2D eigenvalue weighted by molar-refractivity contribution is 6.32. The molecule has 0 aromatic heterocycles. The molecule has 3 heteroatoms. The molecule has 16 heavy (non-hydrogen) atoms. The quantitative estimate of drug-likeness (QED) is 0.631. The lowest BCUT2D eigenvalue weighted by molar-refractivity contribution is 0.199. The molecule has 0 aliphatic heterocycles. The van der Waals surface area contributed by atoms with Crippen LogP contribution in [0.25, 0.3) is 0 Å². The van der Waals surface area contributed by atoms with Crippen LogP contribution < -0.4 is 4.74 Å². The first-order chi connectivity index (χ1) is 7.65. The fourth-order valence-corrected chi connectivity index (χ4v) is 1.49. The first-order valence-corrected chi connectivity index (χ1v) is 5.56.